The van der Waals surface area contributed by atoms with Gasteiger partial charge in [-0.1, -0.05) is 32.7 Å². The van der Waals surface area contributed by atoms with E-state index in [0.717, 1.165) is 27.8 Å². The zero-order valence-electron chi connectivity index (χ0n) is 30.0. The van der Waals surface area contributed by atoms with Gasteiger partial charge in [0.25, 0.3) is 5.91 Å². The van der Waals surface area contributed by atoms with E-state index in [9.17, 15) is 34.2 Å². The lowest BCUT2D eigenvalue weighted by Gasteiger charge is -2.24. The summed E-state index contributed by atoms with van der Waals surface area (Å²) in [6.07, 6.45) is 6.39. The predicted octanol–water partition coefficient (Wildman–Crippen LogP) is 3.55. The molecule has 0 bridgehead atoms. The van der Waals surface area contributed by atoms with Crippen LogP contribution in [0.25, 0.3) is 18.2 Å². The lowest BCUT2D eigenvalue weighted by molar-refractivity contribution is -0.138. The van der Waals surface area contributed by atoms with Crippen molar-refractivity contribution in [2.24, 2.45) is 16.8 Å². The SMILES string of the molecule is CCC1=C(C)C(C=c2[nH]/c(=C/c3[nH]c(/C=C4/NC(=O)[C@H](C)[C@H]4C(C)SN[C@@H](CS)C(C)=O)c(C)c3CCC(=O)O)c(CCC(=O)O)c2C)=NC1=O. The third kappa shape index (κ3) is 9.03. The molecule has 0 aromatic carbocycles. The number of H-pyrrole nitrogens is 2. The number of carboxylic acids is 2. The monoisotopic (exact) mass is 737 g/mol. The number of nitrogens with one attached hydrogen (secondary N) is 4. The topological polar surface area (TPSA) is 194 Å². The number of aliphatic imine (C=N–C) groups is 1. The van der Waals surface area contributed by atoms with Gasteiger partial charge in [-0.3, -0.25) is 28.7 Å². The number of carbonyl (C=O) groups excluding carboxylic acids is 3. The van der Waals surface area contributed by atoms with Crippen LogP contribution in [0.1, 0.15) is 87.5 Å². The van der Waals surface area contributed by atoms with Crippen molar-refractivity contribution < 1.29 is 34.2 Å². The average Bonchev–Trinajstić information content (AvgIpc) is 3.71. The molecule has 12 nitrogen and oxygen atoms in total. The third-order valence-corrected chi connectivity index (χ3v) is 11.2. The molecule has 2 amide bonds. The molecule has 1 saturated heterocycles. The number of amides is 2. The molecular weight excluding hydrogens is 691 g/mol. The van der Waals surface area contributed by atoms with Crippen molar-refractivity contribution in [3.63, 3.8) is 0 Å². The highest BCUT2D eigenvalue weighted by atomic mass is 32.2. The smallest absolute Gasteiger partial charge is 0.303 e. The van der Waals surface area contributed by atoms with Crippen molar-refractivity contribution in [1.29, 1.82) is 0 Å². The van der Waals surface area contributed by atoms with E-state index in [1.807, 2.05) is 53.7 Å². The van der Waals surface area contributed by atoms with Gasteiger partial charge in [0.05, 0.1) is 11.8 Å². The number of rotatable bonds is 16. The number of hydrogen-bond donors (Lipinski definition) is 7. The second kappa shape index (κ2) is 16.9. The maximum absolute atomic E-state index is 12.9. The number of nitrogens with zero attached hydrogens (tertiary/aromatic N) is 1. The lowest BCUT2D eigenvalue weighted by Crippen LogP contribution is -2.35. The zero-order chi connectivity index (χ0) is 37.7. The highest BCUT2D eigenvalue weighted by molar-refractivity contribution is 7.98. The fourth-order valence-corrected chi connectivity index (χ4v) is 8.27. The molecule has 14 heteroatoms. The van der Waals surface area contributed by atoms with Gasteiger partial charge in [-0.2, -0.15) is 12.6 Å². The Bertz CT molecular complexity index is 1970. The fourth-order valence-electron chi connectivity index (χ4n) is 6.65. The van der Waals surface area contributed by atoms with Gasteiger partial charge in [-0.05, 0) is 93.0 Å². The van der Waals surface area contributed by atoms with Crippen LogP contribution < -0.4 is 20.7 Å². The summed E-state index contributed by atoms with van der Waals surface area (Å²) in [6, 6.07) is -0.424. The van der Waals surface area contributed by atoms with Gasteiger partial charge in [0.2, 0.25) is 5.91 Å². The number of hydrogen-bond acceptors (Lipinski definition) is 8. The van der Waals surface area contributed by atoms with Crippen LogP contribution in [0.2, 0.25) is 0 Å². The predicted molar refractivity (Wildman–Crippen MR) is 203 cm³/mol. The van der Waals surface area contributed by atoms with Crippen LogP contribution in [0.5, 0.6) is 0 Å². The van der Waals surface area contributed by atoms with Crippen molar-refractivity contribution in [2.45, 2.75) is 91.9 Å². The quantitative estimate of drug-likeness (QED) is 0.0997. The summed E-state index contributed by atoms with van der Waals surface area (Å²) in [6.45, 7) is 12.9. The number of allylic oxidation sites excluding steroid dienone is 2. The minimum Gasteiger partial charge on any atom is -0.481 e. The van der Waals surface area contributed by atoms with E-state index in [0.29, 0.717) is 51.2 Å². The number of ketones is 1. The van der Waals surface area contributed by atoms with Crippen LogP contribution >= 0.6 is 24.6 Å². The Morgan fingerprint density at radius 3 is 2.18 bits per heavy atom. The molecule has 4 heterocycles. The Morgan fingerprint density at radius 1 is 0.961 bits per heavy atom. The van der Waals surface area contributed by atoms with Gasteiger partial charge in [0.15, 0.2) is 0 Å². The minimum atomic E-state index is -0.946. The Labute approximate surface area is 307 Å². The third-order valence-electron chi connectivity index (χ3n) is 9.77. The van der Waals surface area contributed by atoms with Crippen molar-refractivity contribution in [3.05, 3.63) is 61.2 Å². The van der Waals surface area contributed by atoms with E-state index in [1.54, 1.807) is 6.08 Å². The fraction of sp³-hybridized carbons (Fsp3) is 0.459. The van der Waals surface area contributed by atoms with Gasteiger partial charge in [0, 0.05) is 69.0 Å². The molecule has 2 aromatic heterocycles. The average molecular weight is 738 g/mol. The Hall–Kier alpha value is -4.14. The first-order valence-corrected chi connectivity index (χ1v) is 18.5. The van der Waals surface area contributed by atoms with Gasteiger partial charge in [0.1, 0.15) is 5.78 Å². The van der Waals surface area contributed by atoms with Gasteiger partial charge < -0.3 is 25.5 Å². The van der Waals surface area contributed by atoms with E-state index < -0.39 is 18.0 Å². The Kier molecular flexibility index (Phi) is 13.2. The first-order chi connectivity index (χ1) is 24.1. The molecule has 6 N–H and O–H groups in total. The van der Waals surface area contributed by atoms with Crippen molar-refractivity contribution in [3.8, 4) is 0 Å². The normalized spacial score (nSPS) is 20.4. The van der Waals surface area contributed by atoms with E-state index in [1.165, 1.54) is 18.9 Å². The summed E-state index contributed by atoms with van der Waals surface area (Å²) in [5.41, 5.74) is 7.27. The number of aromatic nitrogens is 2. The molecule has 1 fully saturated rings. The zero-order valence-corrected chi connectivity index (χ0v) is 31.7. The molecule has 1 unspecified atom stereocenters. The molecule has 4 rings (SSSR count). The summed E-state index contributed by atoms with van der Waals surface area (Å²) in [5.74, 6) is -2.48. The first-order valence-electron chi connectivity index (χ1n) is 17.0. The Morgan fingerprint density at radius 2 is 1.61 bits per heavy atom. The number of carbonyl (C=O) groups is 5. The van der Waals surface area contributed by atoms with Gasteiger partial charge in [-0.25, -0.2) is 4.99 Å². The highest BCUT2D eigenvalue weighted by Crippen LogP contribution is 2.36. The standard InChI is InChI=1S/C37H47N5O7S2/c1-8-23-17(2)28(40-37(23)49)13-26-18(3)24(9-11-33(44)45)29(38-26)15-30-25(10-12-34(46)47)19(4)27(39-30)14-31-35(20(5)36(48)41-31)22(7)51-42-32(16-50)21(6)43/h13-15,20,22,32,35,38-39,42,50H,8-12,16H2,1-7H3,(H,41,48)(H,44,45)(H,46,47)/b26-13?,29-15+,31-14+/t20-,22?,32+,35+/m1/s1. The summed E-state index contributed by atoms with van der Waals surface area (Å²) in [4.78, 5) is 71.8. The summed E-state index contributed by atoms with van der Waals surface area (Å²) in [5, 5.41) is 23.4. The highest BCUT2D eigenvalue weighted by Gasteiger charge is 2.39. The van der Waals surface area contributed by atoms with Crippen LogP contribution in [0.4, 0.5) is 0 Å². The van der Waals surface area contributed by atoms with E-state index in [2.05, 4.69) is 37.6 Å². The van der Waals surface area contributed by atoms with E-state index in [4.69, 9.17) is 0 Å². The molecule has 0 saturated carbocycles. The van der Waals surface area contributed by atoms with Crippen molar-refractivity contribution >= 4 is 78.1 Å². The van der Waals surface area contributed by atoms with Gasteiger partial charge >= 0.3 is 11.9 Å². The number of carboxylic acid groups (broad SMARTS) is 2. The molecule has 51 heavy (non-hydrogen) atoms. The molecule has 2 aliphatic heterocycles. The molecule has 0 spiro atoms. The maximum atomic E-state index is 12.9. The number of aliphatic carboxylic acids is 2. The lowest BCUT2D eigenvalue weighted by atomic mass is 9.91. The molecule has 0 aliphatic carbocycles. The summed E-state index contributed by atoms with van der Waals surface area (Å²) in [7, 11) is 0. The molecular formula is C37H47N5O7S2. The molecule has 4 atom stereocenters. The van der Waals surface area contributed by atoms with Crippen molar-refractivity contribution in [1.82, 2.24) is 20.0 Å². The van der Waals surface area contributed by atoms with Gasteiger partial charge in [-0.15, -0.1) is 0 Å². The van der Waals surface area contributed by atoms with E-state index >= 15 is 0 Å². The maximum Gasteiger partial charge on any atom is 0.303 e. The van der Waals surface area contributed by atoms with Crippen LogP contribution in [-0.4, -0.2) is 72.5 Å². The minimum absolute atomic E-state index is 0.0258. The Balaban J connectivity index is 1.84. The summed E-state index contributed by atoms with van der Waals surface area (Å²) >= 11 is 5.67. The van der Waals surface area contributed by atoms with Crippen LogP contribution in [-0.2, 0) is 36.8 Å². The van der Waals surface area contributed by atoms with Crippen molar-refractivity contribution in [2.75, 3.05) is 5.75 Å². The number of aromatic amines is 2. The number of thiol groups is 1. The van der Waals surface area contributed by atoms with Crippen LogP contribution in [0.15, 0.2) is 21.8 Å². The molecule has 2 aliphatic rings. The second-order valence-corrected chi connectivity index (χ2v) is 14.7. The van der Waals surface area contributed by atoms with E-state index in [-0.39, 0.29) is 60.4 Å². The molecule has 2 aromatic rings. The summed E-state index contributed by atoms with van der Waals surface area (Å²) < 4.78 is 3.19. The number of Topliss-reactive ketones (excluding diaryl/α,β-unsaturated/α-hetero) is 1. The molecule has 274 valence electrons. The molecule has 0 radical (unpaired) electrons. The van der Waals surface area contributed by atoms with Crippen LogP contribution in [0.3, 0.4) is 0 Å². The second-order valence-electron chi connectivity index (χ2n) is 13.1. The first kappa shape index (κ1) is 39.6. The van der Waals surface area contributed by atoms with Crippen LogP contribution in [0, 0.1) is 25.7 Å². The largest absolute Gasteiger partial charge is 0.481 e.